The summed E-state index contributed by atoms with van der Waals surface area (Å²) < 4.78 is 22.0. The Morgan fingerprint density at radius 2 is 2.12 bits per heavy atom. The number of hydrogen-bond donors (Lipinski definition) is 0. The zero-order chi connectivity index (χ0) is 12.9. The SMILES string of the molecule is [B][C@@H]1O[C@](C)(CCOC)CC(OC)C1OCC. The highest BCUT2D eigenvalue weighted by molar-refractivity contribution is 6.11. The van der Waals surface area contributed by atoms with Crippen molar-refractivity contribution in [2.24, 2.45) is 0 Å². The van der Waals surface area contributed by atoms with E-state index in [1.54, 1.807) is 14.2 Å². The molecule has 17 heavy (non-hydrogen) atoms. The zero-order valence-electron chi connectivity index (χ0n) is 11.3. The molecule has 2 radical (unpaired) electrons. The summed E-state index contributed by atoms with van der Waals surface area (Å²) in [5.74, 6) is 0. The fourth-order valence-corrected chi connectivity index (χ4v) is 2.29. The second kappa shape index (κ2) is 6.73. The molecule has 1 fully saturated rings. The molecule has 1 heterocycles. The van der Waals surface area contributed by atoms with E-state index in [1.807, 2.05) is 13.8 Å². The van der Waals surface area contributed by atoms with Gasteiger partial charge >= 0.3 is 0 Å². The lowest BCUT2D eigenvalue weighted by Gasteiger charge is -2.46. The van der Waals surface area contributed by atoms with Crippen LogP contribution in [0, 0.1) is 0 Å². The first-order valence-corrected chi connectivity index (χ1v) is 6.13. The van der Waals surface area contributed by atoms with Gasteiger partial charge in [0.25, 0.3) is 0 Å². The molecule has 0 aromatic heterocycles. The number of ether oxygens (including phenoxy) is 4. The Labute approximate surface area is 105 Å². The maximum atomic E-state index is 6.01. The van der Waals surface area contributed by atoms with Crippen LogP contribution < -0.4 is 0 Å². The third-order valence-corrected chi connectivity index (χ3v) is 3.24. The average molecular weight is 242 g/mol. The monoisotopic (exact) mass is 242 g/mol. The van der Waals surface area contributed by atoms with Gasteiger partial charge in [-0.2, -0.15) is 0 Å². The van der Waals surface area contributed by atoms with E-state index in [-0.39, 0.29) is 17.8 Å². The minimum Gasteiger partial charge on any atom is -0.385 e. The van der Waals surface area contributed by atoms with Gasteiger partial charge in [-0.1, -0.05) is 0 Å². The Hall–Kier alpha value is -0.0951. The molecule has 0 aromatic rings. The molecule has 5 heteroatoms. The summed E-state index contributed by atoms with van der Waals surface area (Å²) in [6.07, 6.45) is 1.35. The van der Waals surface area contributed by atoms with E-state index in [2.05, 4.69) is 0 Å². The first-order chi connectivity index (χ1) is 8.06. The van der Waals surface area contributed by atoms with Crippen molar-refractivity contribution in [2.75, 3.05) is 27.4 Å². The summed E-state index contributed by atoms with van der Waals surface area (Å²) in [6, 6.07) is -0.449. The van der Waals surface area contributed by atoms with Crippen LogP contribution in [0.15, 0.2) is 0 Å². The van der Waals surface area contributed by atoms with Crippen molar-refractivity contribution < 1.29 is 18.9 Å². The van der Waals surface area contributed by atoms with Crippen LogP contribution in [0.1, 0.15) is 26.7 Å². The molecular formula is C12H23BO4. The Morgan fingerprint density at radius 3 is 2.65 bits per heavy atom. The fraction of sp³-hybridized carbons (Fsp3) is 1.00. The quantitative estimate of drug-likeness (QED) is 0.654. The largest absolute Gasteiger partial charge is 0.385 e. The lowest BCUT2D eigenvalue weighted by atomic mass is 9.80. The third kappa shape index (κ3) is 3.95. The second-order valence-electron chi connectivity index (χ2n) is 4.67. The van der Waals surface area contributed by atoms with E-state index >= 15 is 0 Å². The van der Waals surface area contributed by atoms with Crippen LogP contribution in [0.5, 0.6) is 0 Å². The molecule has 0 amide bonds. The predicted octanol–water partition coefficient (Wildman–Crippen LogP) is 1.12. The van der Waals surface area contributed by atoms with Crippen molar-refractivity contribution in [2.45, 2.75) is 50.5 Å². The predicted molar refractivity (Wildman–Crippen MR) is 66.4 cm³/mol. The lowest BCUT2D eigenvalue weighted by molar-refractivity contribution is -0.207. The second-order valence-corrected chi connectivity index (χ2v) is 4.67. The molecule has 4 atom stereocenters. The molecule has 1 aliphatic heterocycles. The van der Waals surface area contributed by atoms with Crippen molar-refractivity contribution in [1.82, 2.24) is 0 Å². The lowest BCUT2D eigenvalue weighted by Crippen LogP contribution is -2.55. The highest BCUT2D eigenvalue weighted by atomic mass is 16.6. The van der Waals surface area contributed by atoms with Crippen molar-refractivity contribution in [3.63, 3.8) is 0 Å². The standard InChI is InChI=1S/C12H23BO4/c1-5-16-10-9(15-4)8-12(2,6-7-14-3)17-11(10)13/h9-11H,5-8H2,1-4H3/t9?,10?,11-,12-/m1/s1. The molecule has 0 aliphatic carbocycles. The van der Waals surface area contributed by atoms with Gasteiger partial charge < -0.3 is 18.9 Å². The summed E-state index contributed by atoms with van der Waals surface area (Å²) in [4.78, 5) is 0. The van der Waals surface area contributed by atoms with E-state index < -0.39 is 6.00 Å². The molecule has 4 nitrogen and oxygen atoms in total. The van der Waals surface area contributed by atoms with Crippen molar-refractivity contribution in [3.8, 4) is 0 Å². The highest BCUT2D eigenvalue weighted by Gasteiger charge is 2.42. The summed E-state index contributed by atoms with van der Waals surface area (Å²) in [7, 11) is 9.38. The molecule has 1 saturated heterocycles. The van der Waals surface area contributed by atoms with E-state index in [0.29, 0.717) is 13.2 Å². The maximum Gasteiger partial charge on any atom is 0.112 e. The molecule has 0 aromatic carbocycles. The maximum absolute atomic E-state index is 6.01. The molecule has 1 aliphatic rings. The smallest absolute Gasteiger partial charge is 0.112 e. The first-order valence-electron chi connectivity index (χ1n) is 6.13. The summed E-state index contributed by atoms with van der Waals surface area (Å²) in [6.45, 7) is 5.24. The summed E-state index contributed by atoms with van der Waals surface area (Å²) in [5, 5.41) is 0. The zero-order valence-corrected chi connectivity index (χ0v) is 11.3. The average Bonchev–Trinajstić information content (AvgIpc) is 2.30. The van der Waals surface area contributed by atoms with Crippen LogP contribution in [0.25, 0.3) is 0 Å². The van der Waals surface area contributed by atoms with E-state index in [9.17, 15) is 0 Å². The van der Waals surface area contributed by atoms with Crippen LogP contribution in [-0.4, -0.2) is 59.1 Å². The van der Waals surface area contributed by atoms with Crippen LogP contribution in [0.4, 0.5) is 0 Å². The molecule has 0 bridgehead atoms. The summed E-state index contributed by atoms with van der Waals surface area (Å²) >= 11 is 0. The summed E-state index contributed by atoms with van der Waals surface area (Å²) in [5.41, 5.74) is -0.302. The number of methoxy groups -OCH3 is 2. The third-order valence-electron chi connectivity index (χ3n) is 3.24. The first kappa shape index (κ1) is 15.0. The molecule has 1 rings (SSSR count). The Balaban J connectivity index is 2.65. The molecule has 0 N–H and O–H groups in total. The van der Waals surface area contributed by atoms with Crippen LogP contribution in [0.2, 0.25) is 0 Å². The number of rotatable bonds is 6. The van der Waals surface area contributed by atoms with Gasteiger partial charge in [0.05, 0.1) is 11.7 Å². The normalized spacial score (nSPS) is 38.2. The minimum atomic E-state index is -0.449. The van der Waals surface area contributed by atoms with Gasteiger partial charge in [-0.3, -0.25) is 0 Å². The Morgan fingerprint density at radius 1 is 1.41 bits per heavy atom. The van der Waals surface area contributed by atoms with Gasteiger partial charge in [0, 0.05) is 39.9 Å². The molecule has 0 spiro atoms. The van der Waals surface area contributed by atoms with Crippen LogP contribution in [0.3, 0.4) is 0 Å². The topological polar surface area (TPSA) is 36.9 Å². The van der Waals surface area contributed by atoms with Gasteiger partial charge in [0.1, 0.15) is 14.0 Å². The van der Waals surface area contributed by atoms with Gasteiger partial charge in [0.15, 0.2) is 0 Å². The Bertz CT molecular complexity index is 227. The van der Waals surface area contributed by atoms with Crippen molar-refractivity contribution in [1.29, 1.82) is 0 Å². The van der Waals surface area contributed by atoms with E-state index in [0.717, 1.165) is 12.8 Å². The molecule has 2 unspecified atom stereocenters. The highest BCUT2D eigenvalue weighted by Crippen LogP contribution is 2.33. The molecular weight excluding hydrogens is 219 g/mol. The number of hydrogen-bond acceptors (Lipinski definition) is 4. The van der Waals surface area contributed by atoms with Gasteiger partial charge in [-0.15, -0.1) is 0 Å². The van der Waals surface area contributed by atoms with Crippen LogP contribution >= 0.6 is 0 Å². The van der Waals surface area contributed by atoms with Crippen molar-refractivity contribution >= 4 is 7.85 Å². The fourth-order valence-electron chi connectivity index (χ4n) is 2.29. The minimum absolute atomic E-state index is 0.0273. The van der Waals surface area contributed by atoms with Gasteiger partial charge in [0.2, 0.25) is 0 Å². The van der Waals surface area contributed by atoms with Crippen molar-refractivity contribution in [3.05, 3.63) is 0 Å². The Kier molecular flexibility index (Phi) is 5.93. The molecule has 0 saturated carbocycles. The van der Waals surface area contributed by atoms with Crippen LogP contribution in [-0.2, 0) is 18.9 Å². The van der Waals surface area contributed by atoms with E-state index in [4.69, 9.17) is 26.8 Å². The van der Waals surface area contributed by atoms with Gasteiger partial charge in [-0.05, 0) is 20.3 Å². The molecule has 98 valence electrons. The van der Waals surface area contributed by atoms with Gasteiger partial charge in [-0.25, -0.2) is 0 Å². The van der Waals surface area contributed by atoms with E-state index in [1.165, 1.54) is 0 Å².